The van der Waals surface area contributed by atoms with Crippen molar-refractivity contribution in [2.24, 2.45) is 0 Å². The highest BCUT2D eigenvalue weighted by atomic mass is 19.1. The predicted molar refractivity (Wildman–Crippen MR) is 81.1 cm³/mol. The van der Waals surface area contributed by atoms with Gasteiger partial charge in [-0.2, -0.15) is 4.98 Å². The van der Waals surface area contributed by atoms with E-state index in [1.54, 1.807) is 7.05 Å². The van der Waals surface area contributed by atoms with Gasteiger partial charge in [0.15, 0.2) is 5.82 Å². The molecule has 128 valence electrons. The molecule has 24 heavy (non-hydrogen) atoms. The Balaban J connectivity index is 1.84. The van der Waals surface area contributed by atoms with Gasteiger partial charge in [0.1, 0.15) is 17.6 Å². The van der Waals surface area contributed by atoms with Crippen molar-refractivity contribution in [2.75, 3.05) is 14.2 Å². The zero-order valence-corrected chi connectivity index (χ0v) is 13.4. The lowest BCUT2D eigenvalue weighted by atomic mass is 10.0. The molecule has 1 unspecified atom stereocenters. The van der Waals surface area contributed by atoms with Crippen LogP contribution >= 0.6 is 0 Å². The van der Waals surface area contributed by atoms with Gasteiger partial charge in [-0.05, 0) is 38.1 Å². The smallest absolute Gasteiger partial charge is 0.325 e. The summed E-state index contributed by atoms with van der Waals surface area (Å²) in [5.74, 6) is -0.0134. The minimum absolute atomic E-state index is 0.160. The number of hydrogen-bond donors (Lipinski definition) is 1. The van der Waals surface area contributed by atoms with E-state index in [1.165, 1.54) is 30.2 Å². The van der Waals surface area contributed by atoms with Crippen molar-refractivity contribution in [3.8, 4) is 5.75 Å². The minimum Gasteiger partial charge on any atom is -0.496 e. The first-order chi connectivity index (χ1) is 11.5. The summed E-state index contributed by atoms with van der Waals surface area (Å²) in [5.41, 5.74) is 0.235. The molecule has 1 aromatic heterocycles. The minimum atomic E-state index is -1.12. The summed E-state index contributed by atoms with van der Waals surface area (Å²) in [7, 11) is 3.02. The van der Waals surface area contributed by atoms with Gasteiger partial charge in [0.2, 0.25) is 5.89 Å². The Labute approximate surface area is 138 Å². The van der Waals surface area contributed by atoms with E-state index in [0.717, 1.165) is 12.8 Å². The summed E-state index contributed by atoms with van der Waals surface area (Å²) < 4.78 is 23.9. The van der Waals surface area contributed by atoms with E-state index in [-0.39, 0.29) is 12.1 Å². The Hall–Kier alpha value is -2.48. The van der Waals surface area contributed by atoms with Gasteiger partial charge >= 0.3 is 5.97 Å². The van der Waals surface area contributed by atoms with E-state index < -0.39 is 17.8 Å². The van der Waals surface area contributed by atoms with E-state index in [1.807, 2.05) is 0 Å². The monoisotopic (exact) mass is 335 g/mol. The van der Waals surface area contributed by atoms with Gasteiger partial charge in [0.25, 0.3) is 0 Å². The molecule has 1 fully saturated rings. The molecule has 0 saturated heterocycles. The lowest BCUT2D eigenvalue weighted by molar-refractivity contribution is -0.143. The third-order valence-electron chi connectivity index (χ3n) is 3.96. The van der Waals surface area contributed by atoms with Crippen LogP contribution in [0.5, 0.6) is 5.75 Å². The van der Waals surface area contributed by atoms with Crippen molar-refractivity contribution < 1.29 is 23.6 Å². The van der Waals surface area contributed by atoms with Crippen LogP contribution in [0, 0.1) is 5.82 Å². The molecule has 1 saturated carbocycles. The predicted octanol–water partition coefficient (Wildman–Crippen LogP) is 2.35. The van der Waals surface area contributed by atoms with Crippen LogP contribution in [0.4, 0.5) is 4.39 Å². The van der Waals surface area contributed by atoms with E-state index in [9.17, 15) is 14.3 Å². The quantitative estimate of drug-likeness (QED) is 0.831. The molecule has 1 heterocycles. The molecule has 1 atom stereocenters. The average Bonchev–Trinajstić information content (AvgIpc) is 3.28. The zero-order valence-electron chi connectivity index (χ0n) is 13.4. The number of carboxylic acid groups (broad SMARTS) is 1. The summed E-state index contributed by atoms with van der Waals surface area (Å²) in [4.78, 5) is 17.6. The normalized spacial score (nSPS) is 15.5. The number of ether oxygens (including phenoxy) is 1. The number of methoxy groups -OCH3 is 1. The van der Waals surface area contributed by atoms with Crippen molar-refractivity contribution in [1.29, 1.82) is 0 Å². The fraction of sp³-hybridized carbons (Fsp3) is 0.438. The van der Waals surface area contributed by atoms with Gasteiger partial charge in [-0.25, -0.2) is 4.39 Å². The van der Waals surface area contributed by atoms with Crippen LogP contribution in [-0.2, 0) is 11.3 Å². The van der Waals surface area contributed by atoms with E-state index >= 15 is 0 Å². The van der Waals surface area contributed by atoms with Crippen LogP contribution in [0.25, 0.3) is 0 Å². The SMILES string of the molecule is COc1ccc(F)cc1C(C(=O)O)N(C)Cc1noc(C2CC2)n1. The highest BCUT2D eigenvalue weighted by Crippen LogP contribution is 2.39. The number of carbonyl (C=O) groups is 1. The second-order valence-electron chi connectivity index (χ2n) is 5.87. The number of carboxylic acids is 1. The Morgan fingerprint density at radius 1 is 1.54 bits per heavy atom. The molecule has 0 spiro atoms. The van der Waals surface area contributed by atoms with Gasteiger partial charge in [-0.3, -0.25) is 9.69 Å². The Kier molecular flexibility index (Phi) is 4.48. The largest absolute Gasteiger partial charge is 0.496 e. The topological polar surface area (TPSA) is 88.7 Å². The highest BCUT2D eigenvalue weighted by molar-refractivity contribution is 5.76. The third kappa shape index (κ3) is 3.38. The standard InChI is InChI=1S/C16H18FN3O4/c1-20(8-13-18-15(24-19-13)9-3-4-9)14(16(21)22)11-7-10(17)5-6-12(11)23-2/h5-7,9,14H,3-4,8H2,1-2H3,(H,21,22). The molecule has 3 rings (SSSR count). The summed E-state index contributed by atoms with van der Waals surface area (Å²) >= 11 is 0. The molecular weight excluding hydrogens is 317 g/mol. The number of benzene rings is 1. The first-order valence-electron chi connectivity index (χ1n) is 7.58. The van der Waals surface area contributed by atoms with Crippen LogP contribution in [0.2, 0.25) is 0 Å². The van der Waals surface area contributed by atoms with Gasteiger partial charge in [-0.1, -0.05) is 5.16 Å². The van der Waals surface area contributed by atoms with Crippen LogP contribution in [-0.4, -0.2) is 40.3 Å². The second kappa shape index (κ2) is 6.56. The first-order valence-corrected chi connectivity index (χ1v) is 7.58. The van der Waals surface area contributed by atoms with Gasteiger partial charge in [0, 0.05) is 11.5 Å². The fourth-order valence-electron chi connectivity index (χ4n) is 2.62. The number of rotatable bonds is 7. The maximum Gasteiger partial charge on any atom is 0.325 e. The lowest BCUT2D eigenvalue weighted by Crippen LogP contribution is -2.31. The van der Waals surface area contributed by atoms with Crippen LogP contribution in [0.3, 0.4) is 0 Å². The van der Waals surface area contributed by atoms with Gasteiger partial charge in [0.05, 0.1) is 13.7 Å². The van der Waals surface area contributed by atoms with Crippen molar-refractivity contribution in [1.82, 2.24) is 15.0 Å². The summed E-state index contributed by atoms with van der Waals surface area (Å²) in [6.45, 7) is 0.160. The number of aliphatic carboxylic acids is 1. The molecule has 1 N–H and O–H groups in total. The van der Waals surface area contributed by atoms with E-state index in [0.29, 0.717) is 23.4 Å². The Morgan fingerprint density at radius 2 is 2.29 bits per heavy atom. The Bertz CT molecular complexity index is 745. The molecule has 8 heteroatoms. The Morgan fingerprint density at radius 3 is 2.92 bits per heavy atom. The number of nitrogens with zero attached hydrogens (tertiary/aromatic N) is 3. The molecule has 0 bridgehead atoms. The van der Waals surface area contributed by atoms with Crippen molar-refractivity contribution >= 4 is 5.97 Å². The molecule has 7 nitrogen and oxygen atoms in total. The molecule has 0 radical (unpaired) electrons. The number of hydrogen-bond acceptors (Lipinski definition) is 6. The van der Waals surface area contributed by atoms with Crippen molar-refractivity contribution in [3.05, 3.63) is 41.3 Å². The van der Waals surface area contributed by atoms with Crippen molar-refractivity contribution in [3.63, 3.8) is 0 Å². The highest BCUT2D eigenvalue weighted by Gasteiger charge is 2.32. The molecular formula is C16H18FN3O4. The fourth-order valence-corrected chi connectivity index (χ4v) is 2.62. The second-order valence-corrected chi connectivity index (χ2v) is 5.87. The van der Waals surface area contributed by atoms with Crippen LogP contribution < -0.4 is 4.74 Å². The van der Waals surface area contributed by atoms with Crippen molar-refractivity contribution in [2.45, 2.75) is 31.3 Å². The molecule has 1 aromatic carbocycles. The van der Waals surface area contributed by atoms with E-state index in [2.05, 4.69) is 10.1 Å². The average molecular weight is 335 g/mol. The maximum absolute atomic E-state index is 13.6. The van der Waals surface area contributed by atoms with E-state index in [4.69, 9.17) is 9.26 Å². The molecule has 0 aliphatic heterocycles. The lowest BCUT2D eigenvalue weighted by Gasteiger charge is -2.25. The van der Waals surface area contributed by atoms with Crippen LogP contribution in [0.1, 0.15) is 42.1 Å². The molecule has 0 amide bonds. The molecule has 1 aliphatic carbocycles. The number of aromatic nitrogens is 2. The maximum atomic E-state index is 13.6. The summed E-state index contributed by atoms with van der Waals surface area (Å²) in [6, 6.07) is 2.70. The number of halogens is 1. The number of likely N-dealkylation sites (N-methyl/N-ethyl adjacent to an activating group) is 1. The van der Waals surface area contributed by atoms with Gasteiger partial charge in [-0.15, -0.1) is 0 Å². The summed E-state index contributed by atoms with van der Waals surface area (Å²) in [5, 5.41) is 13.5. The zero-order chi connectivity index (χ0) is 17.3. The van der Waals surface area contributed by atoms with Crippen LogP contribution in [0.15, 0.2) is 22.7 Å². The molecule has 2 aromatic rings. The summed E-state index contributed by atoms with van der Waals surface area (Å²) in [6.07, 6.45) is 2.07. The first kappa shape index (κ1) is 16.4. The molecule has 1 aliphatic rings. The third-order valence-corrected chi connectivity index (χ3v) is 3.96. The van der Waals surface area contributed by atoms with Gasteiger partial charge < -0.3 is 14.4 Å².